The summed E-state index contributed by atoms with van der Waals surface area (Å²) in [5, 5.41) is 4.21. The van der Waals surface area contributed by atoms with E-state index in [1.807, 2.05) is 20.8 Å². The van der Waals surface area contributed by atoms with Crippen LogP contribution >= 0.6 is 11.3 Å². The van der Waals surface area contributed by atoms with Crippen molar-refractivity contribution < 1.29 is 8.78 Å². The fraction of sp³-hybridized carbons (Fsp3) is 0.500. The van der Waals surface area contributed by atoms with Crippen LogP contribution in [0.2, 0.25) is 0 Å². The van der Waals surface area contributed by atoms with Crippen molar-refractivity contribution in [3.8, 4) is 0 Å². The predicted octanol–water partition coefficient (Wildman–Crippen LogP) is 3.20. The number of thiazole rings is 1. The van der Waals surface area contributed by atoms with Crippen molar-refractivity contribution in [2.45, 2.75) is 39.9 Å². The average Bonchev–Trinajstić information content (AvgIpc) is 2.92. The van der Waals surface area contributed by atoms with Gasteiger partial charge in [-0.15, -0.1) is 11.3 Å². The highest BCUT2D eigenvalue weighted by molar-refractivity contribution is 7.11. The third-order valence-electron chi connectivity index (χ3n) is 2.86. The second-order valence-electron chi connectivity index (χ2n) is 4.31. The molecule has 2 aromatic heterocycles. The Balaban J connectivity index is 2.02. The molecule has 1 atom stereocenters. The fourth-order valence-corrected chi connectivity index (χ4v) is 2.90. The summed E-state index contributed by atoms with van der Waals surface area (Å²) in [6, 6.07) is 0.0639. The van der Waals surface area contributed by atoms with Crippen molar-refractivity contribution in [3.63, 3.8) is 0 Å². The summed E-state index contributed by atoms with van der Waals surface area (Å²) in [7, 11) is 0. The first kappa shape index (κ1) is 14.1. The third kappa shape index (κ3) is 3.16. The van der Waals surface area contributed by atoms with E-state index in [1.54, 1.807) is 11.3 Å². The first-order chi connectivity index (χ1) is 8.99. The largest absolute Gasteiger partial charge is 0.319 e. The van der Waals surface area contributed by atoms with Gasteiger partial charge in [0.2, 0.25) is 0 Å². The molecule has 7 heteroatoms. The molecule has 0 aliphatic heterocycles. The van der Waals surface area contributed by atoms with E-state index in [4.69, 9.17) is 0 Å². The van der Waals surface area contributed by atoms with Gasteiger partial charge in [-0.3, -0.25) is 4.57 Å². The Labute approximate surface area is 114 Å². The van der Waals surface area contributed by atoms with Gasteiger partial charge in [0, 0.05) is 23.3 Å². The number of nitrogens with zero attached hydrogens (tertiary/aromatic N) is 3. The molecule has 2 aromatic rings. The van der Waals surface area contributed by atoms with E-state index >= 15 is 0 Å². The van der Waals surface area contributed by atoms with Crippen LogP contribution in [0.5, 0.6) is 0 Å². The molecule has 0 spiro atoms. The van der Waals surface area contributed by atoms with Gasteiger partial charge < -0.3 is 5.32 Å². The van der Waals surface area contributed by atoms with Crippen LogP contribution in [0, 0.1) is 13.8 Å². The highest BCUT2D eigenvalue weighted by Crippen LogP contribution is 2.24. The van der Waals surface area contributed by atoms with Gasteiger partial charge in [-0.1, -0.05) is 0 Å². The summed E-state index contributed by atoms with van der Waals surface area (Å²) >= 11 is 1.62. The summed E-state index contributed by atoms with van der Waals surface area (Å²) < 4.78 is 26.2. The highest BCUT2D eigenvalue weighted by atomic mass is 32.1. The zero-order valence-corrected chi connectivity index (χ0v) is 11.8. The summed E-state index contributed by atoms with van der Waals surface area (Å²) in [5.74, 6) is 0.334. The molecule has 0 radical (unpaired) electrons. The Hall–Kier alpha value is -1.34. The molecule has 0 bridgehead atoms. The van der Waals surface area contributed by atoms with Crippen LogP contribution in [0.15, 0.2) is 12.4 Å². The molecule has 1 unspecified atom stereocenters. The average molecular weight is 286 g/mol. The van der Waals surface area contributed by atoms with Crippen LogP contribution in [0.3, 0.4) is 0 Å². The minimum Gasteiger partial charge on any atom is -0.302 e. The van der Waals surface area contributed by atoms with Crippen molar-refractivity contribution in [2.75, 3.05) is 0 Å². The second-order valence-corrected chi connectivity index (χ2v) is 5.55. The molecule has 0 saturated carbocycles. The summed E-state index contributed by atoms with van der Waals surface area (Å²) in [6.45, 7) is 3.65. The second kappa shape index (κ2) is 5.75. The van der Waals surface area contributed by atoms with Crippen molar-refractivity contribution in [3.05, 3.63) is 33.8 Å². The number of aryl methyl sites for hydroxylation is 2. The SMILES string of the molecule is Cc1nc(C)c(C(C)NCc2nccn2C(F)F)s1. The van der Waals surface area contributed by atoms with E-state index in [0.29, 0.717) is 12.4 Å². The Morgan fingerprint density at radius 1 is 1.42 bits per heavy atom. The lowest BCUT2D eigenvalue weighted by Crippen LogP contribution is -2.20. The summed E-state index contributed by atoms with van der Waals surface area (Å²) in [6.07, 6.45) is 2.67. The number of aromatic nitrogens is 3. The number of imidazole rings is 1. The van der Waals surface area contributed by atoms with Gasteiger partial charge in [-0.25, -0.2) is 9.97 Å². The van der Waals surface area contributed by atoms with E-state index in [-0.39, 0.29) is 6.04 Å². The molecular formula is C12H16F2N4S. The van der Waals surface area contributed by atoms with Gasteiger partial charge in [-0.2, -0.15) is 8.78 Å². The lowest BCUT2D eigenvalue weighted by Gasteiger charge is -2.13. The van der Waals surface area contributed by atoms with Gasteiger partial charge in [0.05, 0.1) is 17.2 Å². The van der Waals surface area contributed by atoms with Gasteiger partial charge in [0.1, 0.15) is 5.82 Å². The number of hydrogen-bond acceptors (Lipinski definition) is 4. The Morgan fingerprint density at radius 3 is 2.74 bits per heavy atom. The van der Waals surface area contributed by atoms with Crippen molar-refractivity contribution >= 4 is 11.3 Å². The topological polar surface area (TPSA) is 42.7 Å². The van der Waals surface area contributed by atoms with Crippen molar-refractivity contribution in [1.82, 2.24) is 19.9 Å². The molecule has 104 valence electrons. The third-order valence-corrected chi connectivity index (χ3v) is 4.11. The van der Waals surface area contributed by atoms with Crippen molar-refractivity contribution in [1.29, 1.82) is 0 Å². The quantitative estimate of drug-likeness (QED) is 0.918. The van der Waals surface area contributed by atoms with E-state index in [2.05, 4.69) is 15.3 Å². The number of rotatable bonds is 5. The molecular weight excluding hydrogens is 270 g/mol. The van der Waals surface area contributed by atoms with E-state index < -0.39 is 6.55 Å². The summed E-state index contributed by atoms with van der Waals surface area (Å²) in [5.41, 5.74) is 0.986. The Kier molecular flexibility index (Phi) is 4.26. The molecule has 0 aromatic carbocycles. The monoisotopic (exact) mass is 286 g/mol. The number of halogens is 2. The van der Waals surface area contributed by atoms with Gasteiger partial charge in [0.25, 0.3) is 0 Å². The van der Waals surface area contributed by atoms with E-state index in [9.17, 15) is 8.78 Å². The van der Waals surface area contributed by atoms with Crippen LogP contribution in [-0.4, -0.2) is 14.5 Å². The molecule has 1 N–H and O–H groups in total. The molecule has 4 nitrogen and oxygen atoms in total. The zero-order valence-electron chi connectivity index (χ0n) is 11.0. The minimum absolute atomic E-state index is 0.0639. The maximum atomic E-state index is 12.7. The van der Waals surface area contributed by atoms with Gasteiger partial charge >= 0.3 is 6.55 Å². The van der Waals surface area contributed by atoms with E-state index in [1.165, 1.54) is 12.4 Å². The normalized spacial score (nSPS) is 13.2. The lowest BCUT2D eigenvalue weighted by molar-refractivity contribution is 0.0665. The Bertz CT molecular complexity index is 550. The highest BCUT2D eigenvalue weighted by Gasteiger charge is 2.15. The minimum atomic E-state index is -2.55. The van der Waals surface area contributed by atoms with Crippen LogP contribution < -0.4 is 5.32 Å². The van der Waals surface area contributed by atoms with Crippen LogP contribution in [-0.2, 0) is 6.54 Å². The molecule has 0 fully saturated rings. The first-order valence-corrected chi connectivity index (χ1v) is 6.78. The van der Waals surface area contributed by atoms with E-state index in [0.717, 1.165) is 20.1 Å². The van der Waals surface area contributed by atoms with Crippen LogP contribution in [0.25, 0.3) is 0 Å². The smallest absolute Gasteiger partial charge is 0.302 e. The molecule has 0 amide bonds. The van der Waals surface area contributed by atoms with Crippen LogP contribution in [0.4, 0.5) is 8.78 Å². The summed E-state index contributed by atoms with van der Waals surface area (Å²) in [4.78, 5) is 9.43. The maximum absolute atomic E-state index is 12.7. The Morgan fingerprint density at radius 2 is 2.16 bits per heavy atom. The standard InChI is InChI=1S/C12H16F2N4S/c1-7(11-8(2)17-9(3)19-11)16-6-10-15-4-5-18(10)12(13)14/h4-5,7,12,16H,6H2,1-3H3. The molecule has 2 heterocycles. The number of alkyl halides is 2. The van der Waals surface area contributed by atoms with Crippen molar-refractivity contribution in [2.24, 2.45) is 0 Å². The van der Waals surface area contributed by atoms with Gasteiger partial charge in [-0.05, 0) is 20.8 Å². The fourth-order valence-electron chi connectivity index (χ4n) is 1.94. The van der Waals surface area contributed by atoms with Crippen LogP contribution in [0.1, 0.15) is 40.9 Å². The first-order valence-electron chi connectivity index (χ1n) is 5.96. The number of nitrogens with one attached hydrogen (secondary N) is 1. The zero-order chi connectivity index (χ0) is 14.0. The van der Waals surface area contributed by atoms with Gasteiger partial charge in [0.15, 0.2) is 0 Å². The lowest BCUT2D eigenvalue weighted by atomic mass is 10.2. The molecule has 0 aliphatic carbocycles. The molecule has 0 aliphatic rings. The molecule has 0 saturated heterocycles. The maximum Gasteiger partial charge on any atom is 0.319 e. The predicted molar refractivity (Wildman–Crippen MR) is 70.3 cm³/mol. The molecule has 19 heavy (non-hydrogen) atoms. The molecule has 2 rings (SSSR count). The number of hydrogen-bond donors (Lipinski definition) is 1.